The number of aromatic nitrogens is 4. The average molecular weight is 432 g/mol. The Morgan fingerprint density at radius 3 is 2.52 bits per heavy atom. The molecule has 0 aliphatic heterocycles. The van der Waals surface area contributed by atoms with Crippen molar-refractivity contribution in [1.29, 1.82) is 0 Å². The van der Waals surface area contributed by atoms with Crippen LogP contribution >= 0.6 is 11.6 Å². The van der Waals surface area contributed by atoms with Crippen LogP contribution in [0.15, 0.2) is 71.3 Å². The van der Waals surface area contributed by atoms with Crippen molar-refractivity contribution in [2.24, 2.45) is 7.05 Å². The van der Waals surface area contributed by atoms with E-state index < -0.39 is 4.92 Å². The Hall–Kier alpha value is -4.04. The molecule has 0 N–H and O–H groups in total. The highest BCUT2D eigenvalue weighted by atomic mass is 35.5. The van der Waals surface area contributed by atoms with Gasteiger partial charge in [-0.05, 0) is 18.2 Å². The second kappa shape index (κ2) is 7.33. The van der Waals surface area contributed by atoms with Crippen LogP contribution in [0.25, 0.3) is 45.2 Å². The lowest BCUT2D eigenvalue weighted by Gasteiger charge is -2.08. The van der Waals surface area contributed by atoms with Gasteiger partial charge in [0.2, 0.25) is 5.89 Å². The number of halogens is 1. The van der Waals surface area contributed by atoms with Crippen LogP contribution in [-0.4, -0.2) is 24.7 Å². The Kier molecular flexibility index (Phi) is 4.48. The Labute approximate surface area is 180 Å². The zero-order valence-electron chi connectivity index (χ0n) is 16.2. The van der Waals surface area contributed by atoms with Crippen molar-refractivity contribution < 1.29 is 9.34 Å². The first-order valence-corrected chi connectivity index (χ1v) is 9.69. The maximum Gasteiger partial charge on any atom is 0.287 e. The van der Waals surface area contributed by atoms with Gasteiger partial charge in [0.05, 0.1) is 27.9 Å². The van der Waals surface area contributed by atoms with Crippen LogP contribution < -0.4 is 0 Å². The molecule has 5 aromatic rings. The number of nitro groups is 1. The third kappa shape index (κ3) is 3.32. The normalized spacial score (nSPS) is 11.2. The third-order valence-corrected chi connectivity index (χ3v) is 5.27. The van der Waals surface area contributed by atoms with Crippen LogP contribution in [0.1, 0.15) is 0 Å². The van der Waals surface area contributed by atoms with E-state index in [1.165, 1.54) is 12.3 Å². The van der Waals surface area contributed by atoms with Gasteiger partial charge in [0.1, 0.15) is 5.69 Å². The molecule has 0 radical (unpaired) electrons. The average Bonchev–Trinajstić information content (AvgIpc) is 3.40. The van der Waals surface area contributed by atoms with Gasteiger partial charge >= 0.3 is 0 Å². The van der Waals surface area contributed by atoms with E-state index >= 15 is 0 Å². The number of para-hydroxylation sites is 1. The molecule has 0 amide bonds. The van der Waals surface area contributed by atoms with E-state index in [4.69, 9.17) is 21.0 Å². The first-order valence-electron chi connectivity index (χ1n) is 9.31. The second-order valence-electron chi connectivity index (χ2n) is 6.92. The Morgan fingerprint density at radius 1 is 1.00 bits per heavy atom. The van der Waals surface area contributed by atoms with Gasteiger partial charge in [0.15, 0.2) is 0 Å². The third-order valence-electron chi connectivity index (χ3n) is 4.94. The molecule has 0 aliphatic rings. The number of pyridine rings is 1. The van der Waals surface area contributed by atoms with Gasteiger partial charge in [-0.25, -0.2) is 4.98 Å². The summed E-state index contributed by atoms with van der Waals surface area (Å²) >= 11 is 6.39. The summed E-state index contributed by atoms with van der Waals surface area (Å²) in [6, 6.07) is 18.3. The zero-order chi connectivity index (χ0) is 21.5. The van der Waals surface area contributed by atoms with Crippen molar-refractivity contribution in [3.63, 3.8) is 0 Å². The van der Waals surface area contributed by atoms with E-state index in [2.05, 4.69) is 10.2 Å². The molecule has 152 valence electrons. The highest BCUT2D eigenvalue weighted by molar-refractivity contribution is 6.33. The van der Waals surface area contributed by atoms with E-state index in [0.29, 0.717) is 22.0 Å². The minimum Gasteiger partial charge on any atom is -0.415 e. The van der Waals surface area contributed by atoms with Crippen molar-refractivity contribution >= 4 is 28.2 Å². The predicted molar refractivity (Wildman–Crippen MR) is 117 cm³/mol. The topological polar surface area (TPSA) is 99.9 Å². The molecule has 31 heavy (non-hydrogen) atoms. The Morgan fingerprint density at radius 2 is 1.74 bits per heavy atom. The largest absolute Gasteiger partial charge is 0.415 e. The molecule has 0 saturated heterocycles. The van der Waals surface area contributed by atoms with Gasteiger partial charge in [0.25, 0.3) is 11.6 Å². The number of hydrogen-bond donors (Lipinski definition) is 0. The minimum absolute atomic E-state index is 0.0485. The number of fused-ring (bicyclic) bond motifs is 1. The minimum atomic E-state index is -0.465. The molecular formula is C22H14ClN5O3. The van der Waals surface area contributed by atoms with Crippen LogP contribution in [-0.2, 0) is 7.05 Å². The Balaban J connectivity index is 1.67. The summed E-state index contributed by atoms with van der Waals surface area (Å²) in [4.78, 5) is 15.4. The SMILES string of the molecule is Cn1cc([N+](=O)[O-])cc1-c1nnc(-c2cc(-c3ccccc3Cl)nc3ccccc23)o1. The van der Waals surface area contributed by atoms with E-state index in [-0.39, 0.29) is 17.5 Å². The molecule has 8 nitrogen and oxygen atoms in total. The molecule has 0 atom stereocenters. The summed E-state index contributed by atoms with van der Waals surface area (Å²) in [7, 11) is 1.68. The molecule has 0 bridgehead atoms. The Bertz CT molecular complexity index is 1460. The van der Waals surface area contributed by atoms with Gasteiger partial charge in [-0.15, -0.1) is 10.2 Å². The summed E-state index contributed by atoms with van der Waals surface area (Å²) in [5.41, 5.74) is 3.32. The molecule has 0 aliphatic carbocycles. The van der Waals surface area contributed by atoms with Crippen LogP contribution in [0.3, 0.4) is 0 Å². The molecule has 0 fully saturated rings. The molecule has 3 heterocycles. The molecule has 3 aromatic heterocycles. The maximum absolute atomic E-state index is 11.1. The number of benzene rings is 2. The van der Waals surface area contributed by atoms with E-state index in [1.807, 2.05) is 48.5 Å². The fraction of sp³-hybridized carbons (Fsp3) is 0.0455. The summed E-state index contributed by atoms with van der Waals surface area (Å²) in [5.74, 6) is 0.469. The predicted octanol–water partition coefficient (Wildman–Crippen LogP) is 5.52. The van der Waals surface area contributed by atoms with E-state index in [0.717, 1.165) is 16.5 Å². The number of hydrogen-bond acceptors (Lipinski definition) is 6. The van der Waals surface area contributed by atoms with Gasteiger partial charge in [-0.2, -0.15) is 0 Å². The molecule has 0 unspecified atom stereocenters. The van der Waals surface area contributed by atoms with E-state index in [1.54, 1.807) is 17.7 Å². The summed E-state index contributed by atoms with van der Waals surface area (Å²) < 4.78 is 7.51. The quantitative estimate of drug-likeness (QED) is 0.274. The molecule has 0 saturated carbocycles. The van der Waals surface area contributed by atoms with Gasteiger partial charge < -0.3 is 8.98 Å². The van der Waals surface area contributed by atoms with Gasteiger partial charge in [0, 0.05) is 29.1 Å². The molecular weight excluding hydrogens is 418 g/mol. The van der Waals surface area contributed by atoms with Crippen LogP contribution in [0.4, 0.5) is 5.69 Å². The highest BCUT2D eigenvalue weighted by Gasteiger charge is 2.20. The standard InChI is InChI=1S/C22H14ClN5O3/c1-27-12-13(28(29)30)10-20(27)22-26-25-21(31-22)16-11-19(15-7-2-4-8-17(15)23)24-18-9-5-3-6-14(16)18/h2-12H,1H3. The lowest BCUT2D eigenvalue weighted by atomic mass is 10.0. The van der Waals surface area contributed by atoms with E-state index in [9.17, 15) is 10.1 Å². The van der Waals surface area contributed by atoms with Crippen molar-refractivity contribution in [1.82, 2.24) is 19.7 Å². The first-order chi connectivity index (χ1) is 15.0. The molecule has 2 aromatic carbocycles. The zero-order valence-corrected chi connectivity index (χ0v) is 16.9. The lowest BCUT2D eigenvalue weighted by molar-refractivity contribution is -0.384. The van der Waals surface area contributed by atoms with Gasteiger partial charge in [-0.3, -0.25) is 10.1 Å². The number of aryl methyl sites for hydroxylation is 1. The maximum atomic E-state index is 11.1. The monoisotopic (exact) mass is 431 g/mol. The summed E-state index contributed by atoms with van der Waals surface area (Å²) in [5, 5.41) is 20.8. The second-order valence-corrected chi connectivity index (χ2v) is 7.32. The number of rotatable bonds is 4. The molecule has 5 rings (SSSR count). The van der Waals surface area contributed by atoms with Gasteiger partial charge in [-0.1, -0.05) is 48.0 Å². The van der Waals surface area contributed by atoms with Crippen molar-refractivity contribution in [3.8, 4) is 34.3 Å². The smallest absolute Gasteiger partial charge is 0.287 e. The molecule has 9 heteroatoms. The first kappa shape index (κ1) is 19.0. The van der Waals surface area contributed by atoms with Crippen LogP contribution in [0.2, 0.25) is 5.02 Å². The number of nitrogens with zero attached hydrogens (tertiary/aromatic N) is 5. The summed E-state index contributed by atoms with van der Waals surface area (Å²) in [6.07, 6.45) is 1.40. The fourth-order valence-electron chi connectivity index (χ4n) is 3.45. The van der Waals surface area contributed by atoms with Crippen LogP contribution in [0, 0.1) is 10.1 Å². The summed E-state index contributed by atoms with van der Waals surface area (Å²) in [6.45, 7) is 0. The lowest BCUT2D eigenvalue weighted by Crippen LogP contribution is -1.90. The molecule has 0 spiro atoms. The van der Waals surface area contributed by atoms with Crippen molar-refractivity contribution in [2.75, 3.05) is 0 Å². The highest BCUT2D eigenvalue weighted by Crippen LogP contribution is 2.35. The fourth-order valence-corrected chi connectivity index (χ4v) is 3.69. The van der Waals surface area contributed by atoms with Crippen LogP contribution in [0.5, 0.6) is 0 Å². The van der Waals surface area contributed by atoms with Crippen molar-refractivity contribution in [2.45, 2.75) is 0 Å². The van der Waals surface area contributed by atoms with Crippen molar-refractivity contribution in [3.05, 3.63) is 82.0 Å².